The number of carboxylic acids is 2. The SMILES string of the molecule is C=C(C)C(=O)O.C=C(C)C(=O)O.OCC(CO)(CO)CO.OCC(CO)(CO)CO. The first-order valence-electron chi connectivity index (χ1n) is 8.42. The third kappa shape index (κ3) is 18.1. The van der Waals surface area contributed by atoms with Gasteiger partial charge in [-0.1, -0.05) is 13.2 Å². The number of aliphatic carboxylic acids is 2. The molecule has 0 atom stereocenters. The topological polar surface area (TPSA) is 236 Å². The summed E-state index contributed by atoms with van der Waals surface area (Å²) >= 11 is 0. The Hall–Kier alpha value is -1.90. The van der Waals surface area contributed by atoms with Crippen molar-refractivity contribution in [1.29, 1.82) is 0 Å². The van der Waals surface area contributed by atoms with Crippen LogP contribution in [0.25, 0.3) is 0 Å². The minimum Gasteiger partial charge on any atom is -0.478 e. The van der Waals surface area contributed by atoms with Crippen molar-refractivity contribution in [3.05, 3.63) is 24.3 Å². The van der Waals surface area contributed by atoms with Gasteiger partial charge in [-0.05, 0) is 13.8 Å². The molecule has 0 unspecified atom stereocenters. The van der Waals surface area contributed by atoms with E-state index in [1.54, 1.807) is 0 Å². The van der Waals surface area contributed by atoms with E-state index in [4.69, 9.17) is 51.1 Å². The molecule has 0 amide bonds. The Bertz CT molecular complexity index is 379. The minimum atomic E-state index is -1.11. The Morgan fingerprint density at radius 1 is 0.533 bits per heavy atom. The van der Waals surface area contributed by atoms with Crippen LogP contribution in [0.1, 0.15) is 13.8 Å². The van der Waals surface area contributed by atoms with E-state index in [0.29, 0.717) is 0 Å². The lowest BCUT2D eigenvalue weighted by molar-refractivity contribution is -0.133. The molecule has 0 aliphatic carbocycles. The van der Waals surface area contributed by atoms with Crippen LogP contribution in [0.2, 0.25) is 0 Å². The molecule has 0 rings (SSSR count). The van der Waals surface area contributed by atoms with Crippen LogP contribution in [0.5, 0.6) is 0 Å². The van der Waals surface area contributed by atoms with E-state index in [2.05, 4.69) is 13.2 Å². The molecule has 0 aromatic carbocycles. The first-order valence-corrected chi connectivity index (χ1v) is 8.42. The number of aliphatic hydroxyl groups excluding tert-OH is 8. The molecule has 0 saturated carbocycles. The number of hydrogen-bond donors (Lipinski definition) is 10. The molecule has 180 valence electrons. The first kappa shape index (κ1) is 35.5. The average molecular weight is 444 g/mol. The van der Waals surface area contributed by atoms with E-state index >= 15 is 0 Å². The lowest BCUT2D eigenvalue weighted by atomic mass is 9.93. The third-order valence-electron chi connectivity index (χ3n) is 3.41. The van der Waals surface area contributed by atoms with E-state index in [1.807, 2.05) is 0 Å². The van der Waals surface area contributed by atoms with Crippen molar-refractivity contribution in [1.82, 2.24) is 0 Å². The summed E-state index contributed by atoms with van der Waals surface area (Å²) < 4.78 is 0. The van der Waals surface area contributed by atoms with Crippen LogP contribution in [0.3, 0.4) is 0 Å². The second-order valence-electron chi connectivity index (χ2n) is 6.44. The summed E-state index contributed by atoms with van der Waals surface area (Å²) in [5.74, 6) is -1.87. The molecule has 0 bridgehead atoms. The molecule has 0 aromatic rings. The molecule has 0 fully saturated rings. The maximum atomic E-state index is 9.60. The number of aliphatic hydroxyl groups is 8. The maximum absolute atomic E-state index is 9.60. The van der Waals surface area contributed by atoms with Gasteiger partial charge in [0.2, 0.25) is 0 Å². The van der Waals surface area contributed by atoms with Gasteiger partial charge in [0.15, 0.2) is 0 Å². The smallest absolute Gasteiger partial charge is 0.330 e. The van der Waals surface area contributed by atoms with Crippen molar-refractivity contribution in [2.24, 2.45) is 10.8 Å². The number of hydrogen-bond acceptors (Lipinski definition) is 10. The second-order valence-corrected chi connectivity index (χ2v) is 6.44. The van der Waals surface area contributed by atoms with Crippen molar-refractivity contribution >= 4 is 11.9 Å². The fraction of sp³-hybridized carbons (Fsp3) is 0.667. The van der Waals surface area contributed by atoms with Crippen molar-refractivity contribution in [2.75, 3.05) is 52.9 Å². The summed E-state index contributed by atoms with van der Waals surface area (Å²) in [4.78, 5) is 19.2. The minimum absolute atomic E-state index is 0.176. The molecule has 0 aliphatic heterocycles. The summed E-state index contributed by atoms with van der Waals surface area (Å²) in [7, 11) is 0. The molecular weight excluding hydrogens is 408 g/mol. The van der Waals surface area contributed by atoms with Gasteiger partial charge < -0.3 is 51.1 Å². The summed E-state index contributed by atoms with van der Waals surface area (Å²) in [6.07, 6.45) is 0. The summed E-state index contributed by atoms with van der Waals surface area (Å²) in [6.45, 7) is 5.95. The van der Waals surface area contributed by atoms with Gasteiger partial charge in [-0.2, -0.15) is 0 Å². The molecule has 0 saturated heterocycles. The Kier molecular flexibility index (Phi) is 24.1. The highest BCUT2D eigenvalue weighted by molar-refractivity contribution is 5.85. The molecule has 0 aromatic heterocycles. The Morgan fingerprint density at radius 2 is 0.633 bits per heavy atom. The predicted molar refractivity (Wildman–Crippen MR) is 106 cm³/mol. The summed E-state index contributed by atoms with van der Waals surface area (Å²) in [5.41, 5.74) is -1.87. The van der Waals surface area contributed by atoms with E-state index in [1.165, 1.54) is 13.8 Å². The third-order valence-corrected chi connectivity index (χ3v) is 3.41. The zero-order chi connectivity index (χ0) is 25.0. The molecule has 10 N–H and O–H groups in total. The molecule has 0 heterocycles. The van der Waals surface area contributed by atoms with Crippen molar-refractivity contribution < 1.29 is 60.7 Å². The van der Waals surface area contributed by atoms with Crippen LogP contribution in [0, 0.1) is 10.8 Å². The normalized spacial score (nSPS) is 10.2. The molecule has 12 heteroatoms. The van der Waals surface area contributed by atoms with E-state index < -0.39 is 75.6 Å². The second kappa shape index (κ2) is 20.4. The van der Waals surface area contributed by atoms with E-state index in [9.17, 15) is 9.59 Å². The Balaban J connectivity index is -0.000000153. The lowest BCUT2D eigenvalue weighted by Gasteiger charge is -2.23. The molecule has 0 spiro atoms. The largest absolute Gasteiger partial charge is 0.478 e. The van der Waals surface area contributed by atoms with Crippen LogP contribution in [0.4, 0.5) is 0 Å². The van der Waals surface area contributed by atoms with E-state index in [-0.39, 0.29) is 11.1 Å². The van der Waals surface area contributed by atoms with Gasteiger partial charge in [0.1, 0.15) is 0 Å². The summed E-state index contributed by atoms with van der Waals surface area (Å²) in [5, 5.41) is 83.8. The zero-order valence-electron chi connectivity index (χ0n) is 17.4. The molecule has 0 radical (unpaired) electrons. The number of rotatable bonds is 10. The van der Waals surface area contributed by atoms with Crippen LogP contribution < -0.4 is 0 Å². The molecular formula is C18H36O12. The van der Waals surface area contributed by atoms with Gasteiger partial charge >= 0.3 is 11.9 Å². The summed E-state index contributed by atoms with van der Waals surface area (Å²) in [6, 6.07) is 0. The highest BCUT2D eigenvalue weighted by atomic mass is 16.4. The van der Waals surface area contributed by atoms with Crippen molar-refractivity contribution in [2.45, 2.75) is 13.8 Å². The number of carboxylic acid groups (broad SMARTS) is 2. The van der Waals surface area contributed by atoms with Crippen molar-refractivity contribution in [3.63, 3.8) is 0 Å². The molecule has 12 nitrogen and oxygen atoms in total. The van der Waals surface area contributed by atoms with Crippen LogP contribution >= 0.6 is 0 Å². The fourth-order valence-corrected chi connectivity index (χ4v) is 0.600. The van der Waals surface area contributed by atoms with Gasteiger partial charge in [-0.15, -0.1) is 0 Å². The lowest BCUT2D eigenvalue weighted by Crippen LogP contribution is -2.37. The van der Waals surface area contributed by atoms with Crippen LogP contribution in [-0.4, -0.2) is 116 Å². The molecule has 0 aliphatic rings. The van der Waals surface area contributed by atoms with E-state index in [0.717, 1.165) is 0 Å². The van der Waals surface area contributed by atoms with Gasteiger partial charge in [-0.3, -0.25) is 0 Å². The first-order chi connectivity index (χ1) is 13.8. The standard InChI is InChI=1S/2C5H12O4.2C4H6O2/c2*6-1-5(2-7,3-8)4-9;2*1-3(2)4(5)6/h2*6-9H,1-4H2;2*1H2,2H3,(H,5,6). The fourth-order valence-electron chi connectivity index (χ4n) is 0.600. The van der Waals surface area contributed by atoms with Crippen molar-refractivity contribution in [3.8, 4) is 0 Å². The highest BCUT2D eigenvalue weighted by Crippen LogP contribution is 2.12. The van der Waals surface area contributed by atoms with Gasteiger partial charge in [0, 0.05) is 11.1 Å². The maximum Gasteiger partial charge on any atom is 0.330 e. The van der Waals surface area contributed by atoms with Crippen LogP contribution in [-0.2, 0) is 9.59 Å². The van der Waals surface area contributed by atoms with Gasteiger partial charge in [0.25, 0.3) is 0 Å². The molecule has 30 heavy (non-hydrogen) atoms. The van der Waals surface area contributed by atoms with Gasteiger partial charge in [-0.25, -0.2) is 9.59 Å². The zero-order valence-corrected chi connectivity index (χ0v) is 17.4. The Morgan fingerprint density at radius 3 is 0.633 bits per heavy atom. The number of carbonyl (C=O) groups is 2. The highest BCUT2D eigenvalue weighted by Gasteiger charge is 2.27. The Labute approximate surface area is 175 Å². The quantitative estimate of drug-likeness (QED) is 0.154. The predicted octanol–water partition coefficient (Wildman–Crippen LogP) is -2.82. The van der Waals surface area contributed by atoms with Crippen LogP contribution in [0.15, 0.2) is 24.3 Å². The van der Waals surface area contributed by atoms with Gasteiger partial charge in [0.05, 0.1) is 63.7 Å². The monoisotopic (exact) mass is 444 g/mol. The average Bonchev–Trinajstić information content (AvgIpc) is 2.73.